The molecule has 2 N–H and O–H groups in total. The molecule has 2 heteroatoms. The first-order valence-electron chi connectivity index (χ1n) is 6.78. The van der Waals surface area contributed by atoms with Crippen LogP contribution in [-0.2, 0) is 11.2 Å². The Hall–Kier alpha value is -0.860. The molecule has 3 rings (SSSR count). The summed E-state index contributed by atoms with van der Waals surface area (Å²) in [4.78, 5) is 0. The van der Waals surface area contributed by atoms with Gasteiger partial charge in [0, 0.05) is 5.92 Å². The molecule has 1 aromatic carbocycles. The van der Waals surface area contributed by atoms with Gasteiger partial charge in [0.25, 0.3) is 0 Å². The zero-order valence-corrected chi connectivity index (χ0v) is 10.3. The lowest BCUT2D eigenvalue weighted by Gasteiger charge is -2.31. The first-order chi connectivity index (χ1) is 8.38. The molecule has 1 saturated carbocycles. The second-order valence-corrected chi connectivity index (χ2v) is 5.40. The summed E-state index contributed by atoms with van der Waals surface area (Å²) >= 11 is 0. The van der Waals surface area contributed by atoms with E-state index in [9.17, 15) is 0 Å². The van der Waals surface area contributed by atoms with Crippen molar-refractivity contribution in [2.75, 3.05) is 13.2 Å². The highest BCUT2D eigenvalue weighted by Gasteiger charge is 2.30. The van der Waals surface area contributed by atoms with Gasteiger partial charge < -0.3 is 10.5 Å². The Morgan fingerprint density at radius 3 is 2.94 bits per heavy atom. The average Bonchev–Trinajstić information content (AvgIpc) is 2.78. The van der Waals surface area contributed by atoms with Crippen LogP contribution in [-0.4, -0.2) is 19.3 Å². The second-order valence-electron chi connectivity index (χ2n) is 5.40. The van der Waals surface area contributed by atoms with Crippen LogP contribution in [0.15, 0.2) is 24.3 Å². The molecule has 0 bridgehead atoms. The summed E-state index contributed by atoms with van der Waals surface area (Å²) in [5.74, 6) is 1.23. The van der Waals surface area contributed by atoms with Crippen molar-refractivity contribution in [3.8, 4) is 0 Å². The number of benzene rings is 1. The van der Waals surface area contributed by atoms with E-state index in [1.165, 1.54) is 36.8 Å². The normalized spacial score (nSPS) is 31.0. The number of nitrogens with two attached hydrogens (primary N) is 1. The Kier molecular flexibility index (Phi) is 3.17. The molecule has 1 aromatic rings. The van der Waals surface area contributed by atoms with Gasteiger partial charge in [-0.15, -0.1) is 0 Å². The summed E-state index contributed by atoms with van der Waals surface area (Å²) in [6.45, 7) is 1.67. The molecule has 1 fully saturated rings. The first kappa shape index (κ1) is 11.2. The minimum Gasteiger partial charge on any atom is -0.377 e. The third-order valence-corrected chi connectivity index (χ3v) is 4.36. The number of hydrogen-bond acceptors (Lipinski definition) is 2. The van der Waals surface area contributed by atoms with Crippen molar-refractivity contribution in [2.24, 2.45) is 11.7 Å². The van der Waals surface area contributed by atoms with Crippen molar-refractivity contribution in [2.45, 2.75) is 37.7 Å². The maximum Gasteiger partial charge on any atom is 0.0615 e. The highest BCUT2D eigenvalue weighted by molar-refractivity contribution is 5.39. The van der Waals surface area contributed by atoms with E-state index in [1.807, 2.05) is 0 Å². The molecule has 0 radical (unpaired) electrons. The van der Waals surface area contributed by atoms with Crippen molar-refractivity contribution < 1.29 is 4.74 Å². The number of ether oxygens (including phenoxy) is 1. The minimum absolute atomic E-state index is 0.424. The van der Waals surface area contributed by atoms with Crippen molar-refractivity contribution in [3.63, 3.8) is 0 Å². The largest absolute Gasteiger partial charge is 0.377 e. The summed E-state index contributed by atoms with van der Waals surface area (Å²) in [6, 6.07) is 8.71. The Labute approximate surface area is 103 Å². The van der Waals surface area contributed by atoms with Gasteiger partial charge in [0.2, 0.25) is 0 Å². The first-order valence-corrected chi connectivity index (χ1v) is 6.78. The maximum atomic E-state index is 6.09. The summed E-state index contributed by atoms with van der Waals surface area (Å²) in [5, 5.41) is 0. The minimum atomic E-state index is 0.424. The zero-order valence-electron chi connectivity index (χ0n) is 10.3. The van der Waals surface area contributed by atoms with Crippen LogP contribution in [0.2, 0.25) is 0 Å². The summed E-state index contributed by atoms with van der Waals surface area (Å²) in [6.07, 6.45) is 5.36. The van der Waals surface area contributed by atoms with Gasteiger partial charge in [-0.05, 0) is 42.9 Å². The molecule has 0 spiro atoms. The topological polar surface area (TPSA) is 35.2 Å². The van der Waals surface area contributed by atoms with Crippen LogP contribution in [0.25, 0.3) is 0 Å². The molecule has 17 heavy (non-hydrogen) atoms. The predicted octanol–water partition coefficient (Wildman–Crippen LogP) is 2.47. The SMILES string of the molecule is NCC1CCCC1OCC1Cc2ccccc21. The highest BCUT2D eigenvalue weighted by Crippen LogP contribution is 2.36. The Balaban J connectivity index is 1.53. The van der Waals surface area contributed by atoms with E-state index in [1.54, 1.807) is 0 Å². The third kappa shape index (κ3) is 2.12. The molecule has 0 aliphatic heterocycles. The lowest BCUT2D eigenvalue weighted by Crippen LogP contribution is -2.29. The molecule has 0 saturated heterocycles. The number of fused-ring (bicyclic) bond motifs is 1. The molecule has 3 atom stereocenters. The van der Waals surface area contributed by atoms with Crippen LogP contribution in [0.5, 0.6) is 0 Å². The van der Waals surface area contributed by atoms with Crippen LogP contribution < -0.4 is 5.73 Å². The standard InChI is InChI=1S/C15H21NO/c16-9-12-5-3-7-15(12)17-10-13-8-11-4-1-2-6-14(11)13/h1-2,4,6,12-13,15H,3,5,7-10,16H2. The van der Waals surface area contributed by atoms with Gasteiger partial charge in [0.15, 0.2) is 0 Å². The van der Waals surface area contributed by atoms with Gasteiger partial charge in [-0.2, -0.15) is 0 Å². The molecular formula is C15H21NO. The van der Waals surface area contributed by atoms with Crippen LogP contribution >= 0.6 is 0 Å². The maximum absolute atomic E-state index is 6.09. The van der Waals surface area contributed by atoms with Crippen LogP contribution in [0.1, 0.15) is 36.3 Å². The van der Waals surface area contributed by atoms with E-state index >= 15 is 0 Å². The van der Waals surface area contributed by atoms with Gasteiger partial charge in [-0.1, -0.05) is 30.7 Å². The lowest BCUT2D eigenvalue weighted by atomic mass is 9.78. The Morgan fingerprint density at radius 1 is 1.24 bits per heavy atom. The molecule has 2 nitrogen and oxygen atoms in total. The van der Waals surface area contributed by atoms with Gasteiger partial charge in [-0.3, -0.25) is 0 Å². The van der Waals surface area contributed by atoms with Gasteiger partial charge >= 0.3 is 0 Å². The van der Waals surface area contributed by atoms with E-state index in [0.29, 0.717) is 17.9 Å². The van der Waals surface area contributed by atoms with E-state index in [-0.39, 0.29) is 0 Å². The van der Waals surface area contributed by atoms with Crippen molar-refractivity contribution in [3.05, 3.63) is 35.4 Å². The molecule has 3 unspecified atom stereocenters. The fourth-order valence-corrected chi connectivity index (χ4v) is 3.24. The van der Waals surface area contributed by atoms with E-state index in [4.69, 9.17) is 10.5 Å². The zero-order chi connectivity index (χ0) is 11.7. The fraction of sp³-hybridized carbons (Fsp3) is 0.600. The van der Waals surface area contributed by atoms with Gasteiger partial charge in [-0.25, -0.2) is 0 Å². The molecule has 0 heterocycles. The average molecular weight is 231 g/mol. The summed E-state index contributed by atoms with van der Waals surface area (Å²) in [7, 11) is 0. The predicted molar refractivity (Wildman–Crippen MR) is 69.0 cm³/mol. The summed E-state index contributed by atoms with van der Waals surface area (Å²) in [5.41, 5.74) is 8.77. The molecule has 0 aromatic heterocycles. The Bertz CT molecular complexity index is 390. The van der Waals surface area contributed by atoms with E-state index < -0.39 is 0 Å². The van der Waals surface area contributed by atoms with Crippen LogP contribution in [0.3, 0.4) is 0 Å². The van der Waals surface area contributed by atoms with Crippen LogP contribution in [0.4, 0.5) is 0 Å². The smallest absolute Gasteiger partial charge is 0.0615 e. The van der Waals surface area contributed by atoms with Crippen LogP contribution in [0, 0.1) is 5.92 Å². The quantitative estimate of drug-likeness (QED) is 0.864. The molecule has 92 valence electrons. The second kappa shape index (κ2) is 4.79. The van der Waals surface area contributed by atoms with Gasteiger partial charge in [0.1, 0.15) is 0 Å². The fourth-order valence-electron chi connectivity index (χ4n) is 3.24. The van der Waals surface area contributed by atoms with Crippen molar-refractivity contribution in [1.29, 1.82) is 0 Å². The Morgan fingerprint density at radius 2 is 2.12 bits per heavy atom. The third-order valence-electron chi connectivity index (χ3n) is 4.36. The van der Waals surface area contributed by atoms with Crippen molar-refractivity contribution >= 4 is 0 Å². The monoisotopic (exact) mass is 231 g/mol. The molecule has 0 amide bonds. The van der Waals surface area contributed by atoms with E-state index in [0.717, 1.165) is 13.2 Å². The number of rotatable bonds is 4. The highest BCUT2D eigenvalue weighted by atomic mass is 16.5. The number of hydrogen-bond donors (Lipinski definition) is 1. The summed E-state index contributed by atoms with van der Waals surface area (Å²) < 4.78 is 6.09. The van der Waals surface area contributed by atoms with E-state index in [2.05, 4.69) is 24.3 Å². The lowest BCUT2D eigenvalue weighted by molar-refractivity contribution is 0.0184. The molecule has 2 aliphatic carbocycles. The van der Waals surface area contributed by atoms with Crippen molar-refractivity contribution in [1.82, 2.24) is 0 Å². The molecular weight excluding hydrogens is 210 g/mol. The molecule has 2 aliphatic rings. The van der Waals surface area contributed by atoms with Gasteiger partial charge in [0.05, 0.1) is 12.7 Å².